The Balaban J connectivity index is 1.33. The van der Waals surface area contributed by atoms with Crippen molar-refractivity contribution in [3.63, 3.8) is 0 Å². The Morgan fingerprint density at radius 3 is 1.30 bits per heavy atom. The van der Waals surface area contributed by atoms with Crippen LogP contribution in [0.1, 0.15) is 232 Å². The molecular weight excluding hydrogens is 741 g/mol. The number of nitrogens with one attached hydrogen (secondary N) is 2. The first kappa shape index (κ1) is 51.3. The normalized spacial score (nSPS) is 17.3. The van der Waals surface area contributed by atoms with E-state index in [4.69, 9.17) is 9.47 Å². The molecule has 2 N–H and O–H groups in total. The van der Waals surface area contributed by atoms with Crippen LogP contribution in [-0.2, 0) is 12.8 Å². The third-order valence-corrected chi connectivity index (χ3v) is 12.9. The number of hydrogen-bond donors (Lipinski definition) is 2. The number of benzene rings is 2. The monoisotopic (exact) mass is 831 g/mol. The van der Waals surface area contributed by atoms with Gasteiger partial charge in [0, 0.05) is 12.6 Å². The Morgan fingerprint density at radius 1 is 0.517 bits per heavy atom. The standard InChI is InChI=1S/C54H90N2O4/c1-6-8-10-12-14-16-18-19-20-21-22-23-25-27-28-30-36-46-38-32-34-40-49(46)59-51(57)55-45-54(5)43-48(42-53(3,4)44-54)56-52(58)60-50-41-35-33-39-47(50)37-31-29-26-24-17-15-13-11-9-7-2/h32-35,38-41,48H,6-31,36-37,42-45H2,1-5H3,(H,55,57)(H,56,58). The van der Waals surface area contributed by atoms with E-state index in [-0.39, 0.29) is 16.9 Å². The molecule has 0 heterocycles. The summed E-state index contributed by atoms with van der Waals surface area (Å²) < 4.78 is 11.9. The van der Waals surface area contributed by atoms with E-state index in [0.717, 1.165) is 56.1 Å². The van der Waals surface area contributed by atoms with E-state index in [1.54, 1.807) is 0 Å². The van der Waals surface area contributed by atoms with Gasteiger partial charge in [-0.25, -0.2) is 9.59 Å². The minimum atomic E-state index is -0.415. The Hall–Kier alpha value is -3.02. The number of carbonyl (C=O) groups excluding carboxylic acids is 2. The van der Waals surface area contributed by atoms with Gasteiger partial charge in [0.25, 0.3) is 0 Å². The lowest BCUT2D eigenvalue weighted by Gasteiger charge is -2.46. The third-order valence-electron chi connectivity index (χ3n) is 12.9. The molecule has 0 spiro atoms. The quantitative estimate of drug-likeness (QED) is 0.0703. The summed E-state index contributed by atoms with van der Waals surface area (Å²) >= 11 is 0. The van der Waals surface area contributed by atoms with Crippen LogP contribution in [0.5, 0.6) is 11.5 Å². The molecule has 0 radical (unpaired) electrons. The highest BCUT2D eigenvalue weighted by molar-refractivity contribution is 5.71. The van der Waals surface area contributed by atoms with E-state index >= 15 is 0 Å². The molecule has 1 saturated carbocycles. The van der Waals surface area contributed by atoms with Crippen LogP contribution in [0.15, 0.2) is 48.5 Å². The van der Waals surface area contributed by atoms with Crippen molar-refractivity contribution in [3.8, 4) is 11.5 Å². The van der Waals surface area contributed by atoms with Crippen LogP contribution < -0.4 is 20.1 Å². The molecule has 1 aliphatic rings. The predicted molar refractivity (Wildman–Crippen MR) is 254 cm³/mol. The van der Waals surface area contributed by atoms with Crippen LogP contribution in [0, 0.1) is 10.8 Å². The van der Waals surface area contributed by atoms with Crippen LogP contribution in [0.25, 0.3) is 0 Å². The molecule has 60 heavy (non-hydrogen) atoms. The lowest BCUT2D eigenvalue weighted by molar-refractivity contribution is 0.0701. The van der Waals surface area contributed by atoms with Crippen LogP contribution >= 0.6 is 0 Å². The largest absolute Gasteiger partial charge is 0.412 e. The van der Waals surface area contributed by atoms with Crippen molar-refractivity contribution in [1.82, 2.24) is 10.6 Å². The lowest BCUT2D eigenvalue weighted by atomic mass is 9.62. The highest BCUT2D eigenvalue weighted by Crippen LogP contribution is 2.46. The zero-order valence-electron chi connectivity index (χ0n) is 39.5. The minimum absolute atomic E-state index is 0.0104. The second-order valence-electron chi connectivity index (χ2n) is 19.7. The van der Waals surface area contributed by atoms with Crippen LogP contribution in [-0.4, -0.2) is 24.8 Å². The fraction of sp³-hybridized carbons (Fsp3) is 0.741. The number of rotatable bonds is 33. The molecule has 3 rings (SSSR count). The number of ether oxygens (including phenoxy) is 2. The topological polar surface area (TPSA) is 76.7 Å². The molecule has 1 aliphatic carbocycles. The van der Waals surface area contributed by atoms with Crippen LogP contribution in [0.3, 0.4) is 0 Å². The van der Waals surface area contributed by atoms with E-state index in [2.05, 4.69) is 57.4 Å². The van der Waals surface area contributed by atoms with Gasteiger partial charge in [0.15, 0.2) is 0 Å². The number of amides is 2. The van der Waals surface area contributed by atoms with Gasteiger partial charge in [0.2, 0.25) is 0 Å². The van der Waals surface area contributed by atoms with Gasteiger partial charge in [-0.1, -0.05) is 225 Å². The Bertz CT molecular complexity index is 1420. The van der Waals surface area contributed by atoms with Crippen molar-refractivity contribution in [2.75, 3.05) is 6.54 Å². The summed E-state index contributed by atoms with van der Waals surface area (Å²) in [5, 5.41) is 6.29. The van der Waals surface area contributed by atoms with E-state index < -0.39 is 12.2 Å². The zero-order chi connectivity index (χ0) is 43.2. The van der Waals surface area contributed by atoms with Crippen molar-refractivity contribution in [2.45, 2.75) is 240 Å². The zero-order valence-corrected chi connectivity index (χ0v) is 39.5. The van der Waals surface area contributed by atoms with E-state index in [1.807, 2.05) is 36.4 Å². The summed E-state index contributed by atoms with van der Waals surface area (Å²) in [6, 6.07) is 15.9. The van der Waals surface area contributed by atoms with Gasteiger partial charge in [-0.2, -0.15) is 0 Å². The molecule has 0 bridgehead atoms. The van der Waals surface area contributed by atoms with Gasteiger partial charge in [0.05, 0.1) is 0 Å². The maximum absolute atomic E-state index is 13.3. The highest BCUT2D eigenvalue weighted by atomic mass is 16.6. The second-order valence-corrected chi connectivity index (χ2v) is 19.7. The fourth-order valence-corrected chi connectivity index (χ4v) is 9.87. The lowest BCUT2D eigenvalue weighted by Crippen LogP contribution is -2.51. The summed E-state index contributed by atoms with van der Waals surface area (Å²) in [6.07, 6.45) is 38.3. The smallest absolute Gasteiger partial charge is 0.410 e. The van der Waals surface area contributed by atoms with E-state index in [1.165, 1.54) is 154 Å². The molecule has 2 unspecified atom stereocenters. The molecule has 2 aromatic carbocycles. The Labute approximate surface area is 368 Å². The van der Waals surface area contributed by atoms with Gasteiger partial charge in [-0.3, -0.25) is 0 Å². The van der Waals surface area contributed by atoms with Gasteiger partial charge in [-0.05, 0) is 79.0 Å². The molecule has 6 nitrogen and oxygen atoms in total. The Morgan fingerprint density at radius 2 is 0.883 bits per heavy atom. The van der Waals surface area contributed by atoms with Crippen molar-refractivity contribution in [2.24, 2.45) is 10.8 Å². The number of unbranched alkanes of at least 4 members (excludes halogenated alkanes) is 24. The molecule has 2 aromatic rings. The van der Waals surface area contributed by atoms with Crippen molar-refractivity contribution >= 4 is 12.2 Å². The number of hydrogen-bond acceptors (Lipinski definition) is 4. The molecule has 340 valence electrons. The fourth-order valence-electron chi connectivity index (χ4n) is 9.87. The van der Waals surface area contributed by atoms with Crippen LogP contribution in [0.2, 0.25) is 0 Å². The second kappa shape index (κ2) is 30.9. The first-order chi connectivity index (χ1) is 29.1. The average molecular weight is 831 g/mol. The minimum Gasteiger partial charge on any atom is -0.410 e. The summed E-state index contributed by atoms with van der Waals surface area (Å²) in [7, 11) is 0. The maximum Gasteiger partial charge on any atom is 0.412 e. The summed E-state index contributed by atoms with van der Waals surface area (Å²) in [6.45, 7) is 11.7. The average Bonchev–Trinajstić information content (AvgIpc) is 3.21. The first-order valence-corrected chi connectivity index (χ1v) is 25.2. The first-order valence-electron chi connectivity index (χ1n) is 25.2. The summed E-state index contributed by atoms with van der Waals surface area (Å²) in [4.78, 5) is 26.5. The maximum atomic E-state index is 13.3. The SMILES string of the molecule is CCCCCCCCCCCCCCCCCCc1ccccc1OC(=O)NCC1(C)CC(NC(=O)Oc2ccccc2CCCCCCCCCCCC)CC(C)(C)C1. The highest BCUT2D eigenvalue weighted by Gasteiger charge is 2.42. The van der Waals surface area contributed by atoms with E-state index in [0.29, 0.717) is 18.0 Å². The van der Waals surface area contributed by atoms with Crippen molar-refractivity contribution in [3.05, 3.63) is 59.7 Å². The summed E-state index contributed by atoms with van der Waals surface area (Å²) in [5.74, 6) is 1.31. The van der Waals surface area contributed by atoms with E-state index in [9.17, 15) is 9.59 Å². The van der Waals surface area contributed by atoms with Gasteiger partial charge >= 0.3 is 12.2 Å². The predicted octanol–water partition coefficient (Wildman–Crippen LogP) is 16.4. The molecule has 2 atom stereocenters. The molecule has 1 fully saturated rings. The Kier molecular flexibility index (Phi) is 26.5. The molecule has 0 saturated heterocycles. The van der Waals surface area contributed by atoms with Crippen molar-refractivity contribution in [1.29, 1.82) is 0 Å². The molecule has 6 heteroatoms. The van der Waals surface area contributed by atoms with Crippen molar-refractivity contribution < 1.29 is 19.1 Å². The van der Waals surface area contributed by atoms with Crippen LogP contribution in [0.4, 0.5) is 9.59 Å². The molecule has 0 aromatic heterocycles. The van der Waals surface area contributed by atoms with Gasteiger partial charge in [0.1, 0.15) is 11.5 Å². The van der Waals surface area contributed by atoms with Gasteiger partial charge in [-0.15, -0.1) is 0 Å². The number of aryl methyl sites for hydroxylation is 2. The van der Waals surface area contributed by atoms with Gasteiger partial charge < -0.3 is 20.1 Å². The third kappa shape index (κ3) is 23.3. The molecule has 0 aliphatic heterocycles. The molecule has 2 amide bonds. The number of para-hydroxylation sites is 2. The number of carbonyl (C=O) groups is 2. The summed E-state index contributed by atoms with van der Waals surface area (Å²) in [5.41, 5.74) is 1.97. The molecular formula is C54H90N2O4.